The lowest BCUT2D eigenvalue weighted by Gasteiger charge is -2.02. The van der Waals surface area contributed by atoms with Crippen LogP contribution in [0.1, 0.15) is 17.1 Å². The number of nitrogens with zero attached hydrogens (tertiary/aromatic N) is 3. The predicted octanol–water partition coefficient (Wildman–Crippen LogP) is 1.25. The number of amides is 1. The van der Waals surface area contributed by atoms with Crippen LogP contribution in [0, 0.1) is 13.8 Å². The number of ether oxygens (including phenoxy) is 1. The van der Waals surface area contributed by atoms with Crippen LogP contribution in [-0.4, -0.2) is 40.9 Å². The third-order valence-electron chi connectivity index (χ3n) is 2.71. The fraction of sp³-hybridized carbons (Fsp3) is 0.462. The highest BCUT2D eigenvalue weighted by molar-refractivity contribution is 7.12. The SMILES string of the molecule is COCC(=O)NCCc1csc(-n2nc(C)cc2C)n1. The van der Waals surface area contributed by atoms with Crippen LogP contribution in [0.3, 0.4) is 0 Å². The molecular formula is C13H18N4O2S. The van der Waals surface area contributed by atoms with Crippen molar-refractivity contribution in [3.8, 4) is 5.13 Å². The molecule has 20 heavy (non-hydrogen) atoms. The van der Waals surface area contributed by atoms with Gasteiger partial charge in [0.2, 0.25) is 11.0 Å². The highest BCUT2D eigenvalue weighted by atomic mass is 32.1. The van der Waals surface area contributed by atoms with E-state index in [1.54, 1.807) is 11.3 Å². The lowest BCUT2D eigenvalue weighted by Crippen LogP contribution is -2.29. The number of carbonyl (C=O) groups is 1. The van der Waals surface area contributed by atoms with Gasteiger partial charge < -0.3 is 10.1 Å². The van der Waals surface area contributed by atoms with Crippen molar-refractivity contribution in [3.63, 3.8) is 0 Å². The molecular weight excluding hydrogens is 276 g/mol. The Kier molecular flexibility index (Phi) is 4.86. The van der Waals surface area contributed by atoms with Crippen LogP contribution in [0.25, 0.3) is 5.13 Å². The van der Waals surface area contributed by atoms with Crippen molar-refractivity contribution in [1.82, 2.24) is 20.1 Å². The summed E-state index contributed by atoms with van der Waals surface area (Å²) in [6.07, 6.45) is 0.700. The first-order valence-corrected chi connectivity index (χ1v) is 7.22. The average Bonchev–Trinajstić information content (AvgIpc) is 2.96. The Labute approximate surface area is 121 Å². The number of aromatic nitrogens is 3. The summed E-state index contributed by atoms with van der Waals surface area (Å²) in [5.74, 6) is -0.110. The van der Waals surface area contributed by atoms with Crippen LogP contribution in [0.5, 0.6) is 0 Å². The molecule has 0 aliphatic rings. The fourth-order valence-corrected chi connectivity index (χ4v) is 2.71. The lowest BCUT2D eigenvalue weighted by molar-refractivity contribution is -0.124. The summed E-state index contributed by atoms with van der Waals surface area (Å²) in [5, 5.41) is 10.0. The molecule has 0 saturated carbocycles. The maximum Gasteiger partial charge on any atom is 0.245 e. The second-order valence-electron chi connectivity index (χ2n) is 4.49. The molecule has 2 heterocycles. The quantitative estimate of drug-likeness (QED) is 0.870. The Balaban J connectivity index is 1.93. The third-order valence-corrected chi connectivity index (χ3v) is 3.57. The van der Waals surface area contributed by atoms with E-state index in [0.29, 0.717) is 13.0 Å². The summed E-state index contributed by atoms with van der Waals surface area (Å²) in [5.41, 5.74) is 3.00. The van der Waals surface area contributed by atoms with Gasteiger partial charge in [-0.05, 0) is 19.9 Å². The molecule has 2 aromatic heterocycles. The molecule has 7 heteroatoms. The van der Waals surface area contributed by atoms with Gasteiger partial charge >= 0.3 is 0 Å². The predicted molar refractivity (Wildman–Crippen MR) is 77.3 cm³/mol. The van der Waals surface area contributed by atoms with Crippen molar-refractivity contribution < 1.29 is 9.53 Å². The number of thiazole rings is 1. The second-order valence-corrected chi connectivity index (χ2v) is 5.33. The fourth-order valence-electron chi connectivity index (χ4n) is 1.84. The molecule has 0 aliphatic heterocycles. The van der Waals surface area contributed by atoms with Crippen LogP contribution < -0.4 is 5.32 Å². The number of nitrogens with one attached hydrogen (secondary N) is 1. The van der Waals surface area contributed by atoms with Crippen LogP contribution in [0.2, 0.25) is 0 Å². The summed E-state index contributed by atoms with van der Waals surface area (Å²) in [6.45, 7) is 4.62. The third kappa shape index (κ3) is 3.64. The Morgan fingerprint density at radius 1 is 1.50 bits per heavy atom. The van der Waals surface area contributed by atoms with Crippen molar-refractivity contribution in [1.29, 1.82) is 0 Å². The van der Waals surface area contributed by atoms with Crippen LogP contribution in [0.4, 0.5) is 0 Å². The molecule has 0 radical (unpaired) electrons. The summed E-state index contributed by atoms with van der Waals surface area (Å²) in [7, 11) is 1.50. The Morgan fingerprint density at radius 2 is 2.30 bits per heavy atom. The molecule has 0 spiro atoms. The first-order valence-electron chi connectivity index (χ1n) is 6.34. The van der Waals surface area contributed by atoms with Gasteiger partial charge in [-0.25, -0.2) is 9.67 Å². The van der Waals surface area contributed by atoms with Crippen LogP contribution >= 0.6 is 11.3 Å². The number of hydrogen-bond acceptors (Lipinski definition) is 5. The number of hydrogen-bond donors (Lipinski definition) is 1. The van der Waals surface area contributed by atoms with Gasteiger partial charge in [0.25, 0.3) is 0 Å². The van der Waals surface area contributed by atoms with Gasteiger partial charge in [-0.1, -0.05) is 0 Å². The highest BCUT2D eigenvalue weighted by Gasteiger charge is 2.08. The molecule has 2 rings (SSSR count). The van der Waals surface area contributed by atoms with E-state index >= 15 is 0 Å². The van der Waals surface area contributed by atoms with E-state index in [-0.39, 0.29) is 12.5 Å². The maximum atomic E-state index is 11.2. The Hall–Kier alpha value is -1.73. The van der Waals surface area contributed by atoms with Gasteiger partial charge in [-0.2, -0.15) is 5.10 Å². The lowest BCUT2D eigenvalue weighted by atomic mass is 10.3. The molecule has 1 amide bonds. The minimum absolute atomic E-state index is 0.0913. The van der Waals surface area contributed by atoms with Crippen molar-refractivity contribution in [2.24, 2.45) is 0 Å². The van der Waals surface area contributed by atoms with E-state index in [9.17, 15) is 4.79 Å². The van der Waals surface area contributed by atoms with Crippen LogP contribution in [0.15, 0.2) is 11.4 Å². The molecule has 0 fully saturated rings. The largest absolute Gasteiger partial charge is 0.375 e. The van der Waals surface area contributed by atoms with E-state index in [2.05, 4.69) is 15.4 Å². The molecule has 1 N–H and O–H groups in total. The van der Waals surface area contributed by atoms with E-state index in [1.165, 1.54) is 7.11 Å². The normalized spacial score (nSPS) is 10.8. The summed E-state index contributed by atoms with van der Waals surface area (Å²) in [4.78, 5) is 15.8. The first kappa shape index (κ1) is 14.7. The zero-order valence-electron chi connectivity index (χ0n) is 11.8. The second kappa shape index (κ2) is 6.62. The van der Waals surface area contributed by atoms with E-state index < -0.39 is 0 Å². The number of methoxy groups -OCH3 is 1. The van der Waals surface area contributed by atoms with E-state index in [0.717, 1.165) is 22.2 Å². The summed E-state index contributed by atoms with van der Waals surface area (Å²) < 4.78 is 6.59. The average molecular weight is 294 g/mol. The zero-order chi connectivity index (χ0) is 14.5. The van der Waals surface area contributed by atoms with E-state index in [4.69, 9.17) is 4.74 Å². The van der Waals surface area contributed by atoms with E-state index in [1.807, 2.05) is 30.0 Å². The maximum absolute atomic E-state index is 11.2. The smallest absolute Gasteiger partial charge is 0.245 e. The molecule has 0 unspecified atom stereocenters. The molecule has 108 valence electrons. The Bertz CT molecular complexity index is 591. The minimum Gasteiger partial charge on any atom is -0.375 e. The Morgan fingerprint density at radius 3 is 2.95 bits per heavy atom. The molecule has 0 aliphatic carbocycles. The molecule has 0 saturated heterocycles. The van der Waals surface area contributed by atoms with Crippen molar-refractivity contribution in [2.45, 2.75) is 20.3 Å². The van der Waals surface area contributed by atoms with Gasteiger partial charge in [0, 0.05) is 31.1 Å². The molecule has 6 nitrogen and oxygen atoms in total. The number of aryl methyl sites for hydroxylation is 2. The molecule has 0 atom stereocenters. The van der Waals surface area contributed by atoms with Gasteiger partial charge in [-0.3, -0.25) is 4.79 Å². The van der Waals surface area contributed by atoms with Gasteiger partial charge in [0.1, 0.15) is 6.61 Å². The number of carbonyl (C=O) groups excluding carboxylic acids is 1. The van der Waals surface area contributed by atoms with Crippen LogP contribution in [-0.2, 0) is 16.0 Å². The summed E-state index contributed by atoms with van der Waals surface area (Å²) in [6, 6.07) is 2.02. The van der Waals surface area contributed by atoms with Crippen molar-refractivity contribution in [2.75, 3.05) is 20.3 Å². The van der Waals surface area contributed by atoms with Gasteiger partial charge in [-0.15, -0.1) is 11.3 Å². The zero-order valence-corrected chi connectivity index (χ0v) is 12.7. The van der Waals surface area contributed by atoms with Gasteiger partial charge in [0.05, 0.1) is 11.4 Å². The molecule has 0 aromatic carbocycles. The first-order chi connectivity index (χ1) is 9.60. The monoisotopic (exact) mass is 294 g/mol. The van der Waals surface area contributed by atoms with Crippen molar-refractivity contribution in [3.05, 3.63) is 28.5 Å². The summed E-state index contributed by atoms with van der Waals surface area (Å²) >= 11 is 1.55. The molecule has 0 bridgehead atoms. The minimum atomic E-state index is -0.110. The highest BCUT2D eigenvalue weighted by Crippen LogP contribution is 2.17. The van der Waals surface area contributed by atoms with Gasteiger partial charge in [0.15, 0.2) is 0 Å². The standard InChI is InChI=1S/C13H18N4O2S/c1-9-6-10(2)17(16-9)13-15-11(8-20-13)4-5-14-12(18)7-19-3/h6,8H,4-5,7H2,1-3H3,(H,14,18). The van der Waals surface area contributed by atoms with Crippen molar-refractivity contribution >= 4 is 17.2 Å². The number of rotatable bonds is 6. The molecule has 2 aromatic rings. The topological polar surface area (TPSA) is 69.0 Å².